The van der Waals surface area contributed by atoms with Gasteiger partial charge in [0.05, 0.1) is 5.39 Å². The van der Waals surface area contributed by atoms with Crippen molar-refractivity contribution in [2.24, 2.45) is 0 Å². The van der Waals surface area contributed by atoms with Crippen LogP contribution in [-0.2, 0) is 17.8 Å². The molecule has 3 aromatic rings. The number of nitrogens with one attached hydrogen (secondary N) is 2. The third-order valence-electron chi connectivity index (χ3n) is 4.47. The number of H-pyrrole nitrogens is 1. The van der Waals surface area contributed by atoms with Gasteiger partial charge >= 0.3 is 5.97 Å². The minimum atomic E-state index is -1.15. The Kier molecular flexibility index (Phi) is 4.08. The van der Waals surface area contributed by atoms with Crippen molar-refractivity contribution in [3.8, 4) is 0 Å². The Hall–Kier alpha value is -3.68. The molecule has 0 bridgehead atoms. The Morgan fingerprint density at radius 1 is 1.26 bits per heavy atom. The van der Waals surface area contributed by atoms with Crippen LogP contribution < -0.4 is 10.9 Å². The number of rotatable bonds is 4. The van der Waals surface area contributed by atoms with E-state index in [4.69, 9.17) is 5.11 Å². The smallest absolute Gasteiger partial charge is 0.328 e. The van der Waals surface area contributed by atoms with Crippen LogP contribution in [0.15, 0.2) is 41.2 Å². The number of hydrogen-bond donors (Lipinski definition) is 3. The number of carbonyl (C=O) groups is 2. The van der Waals surface area contributed by atoms with Crippen LogP contribution in [-0.4, -0.2) is 31.5 Å². The lowest BCUT2D eigenvalue weighted by Gasteiger charge is -2.08. The first-order valence-corrected chi connectivity index (χ1v) is 8.47. The van der Waals surface area contributed by atoms with Crippen molar-refractivity contribution in [3.63, 3.8) is 0 Å². The summed E-state index contributed by atoms with van der Waals surface area (Å²) in [7, 11) is 0. The van der Waals surface area contributed by atoms with Gasteiger partial charge in [0, 0.05) is 24.0 Å². The molecule has 4 rings (SSSR count). The molecule has 27 heavy (non-hydrogen) atoms. The molecule has 3 N–H and O–H groups in total. The molecule has 136 valence electrons. The molecule has 0 radical (unpaired) electrons. The zero-order valence-electron chi connectivity index (χ0n) is 14.2. The summed E-state index contributed by atoms with van der Waals surface area (Å²) in [6, 6.07) is 9.02. The first-order chi connectivity index (χ1) is 13.0. The van der Waals surface area contributed by atoms with Gasteiger partial charge in [0.15, 0.2) is 0 Å². The largest absolute Gasteiger partial charge is 0.478 e. The van der Waals surface area contributed by atoms with Crippen LogP contribution in [0.25, 0.3) is 17.0 Å². The quantitative estimate of drug-likeness (QED) is 0.612. The highest BCUT2D eigenvalue weighted by Gasteiger charge is 2.28. The monoisotopic (exact) mass is 364 g/mol. The van der Waals surface area contributed by atoms with Gasteiger partial charge in [0.1, 0.15) is 17.0 Å². The Morgan fingerprint density at radius 2 is 2.04 bits per heavy atom. The van der Waals surface area contributed by atoms with Gasteiger partial charge < -0.3 is 20.0 Å². The average Bonchev–Trinajstić information content (AvgIpc) is 3.20. The van der Waals surface area contributed by atoms with E-state index in [0.29, 0.717) is 29.7 Å². The van der Waals surface area contributed by atoms with Gasteiger partial charge in [-0.1, -0.05) is 18.2 Å². The maximum Gasteiger partial charge on any atom is 0.328 e. The predicted octanol–water partition coefficient (Wildman–Crippen LogP) is 2.02. The molecule has 3 heterocycles. The second-order valence-electron chi connectivity index (χ2n) is 6.22. The number of fused-ring (bicyclic) bond motifs is 3. The second kappa shape index (κ2) is 6.56. The number of aryl methyl sites for hydroxylation is 1. The van der Waals surface area contributed by atoms with Crippen LogP contribution >= 0.6 is 0 Å². The van der Waals surface area contributed by atoms with Gasteiger partial charge in [-0.15, -0.1) is 0 Å². The summed E-state index contributed by atoms with van der Waals surface area (Å²) in [5.41, 5.74) is 1.64. The van der Waals surface area contributed by atoms with Crippen molar-refractivity contribution in [2.45, 2.75) is 19.4 Å². The van der Waals surface area contributed by atoms with Crippen LogP contribution in [0.3, 0.4) is 0 Å². The molecule has 0 atom stereocenters. The fourth-order valence-corrected chi connectivity index (χ4v) is 3.41. The van der Waals surface area contributed by atoms with E-state index in [2.05, 4.69) is 15.3 Å². The number of nitrogens with zero attached hydrogens (tertiary/aromatic N) is 2. The lowest BCUT2D eigenvalue weighted by Crippen LogP contribution is -2.17. The molecule has 8 heteroatoms. The third kappa shape index (κ3) is 3.01. The van der Waals surface area contributed by atoms with Gasteiger partial charge in [0.25, 0.3) is 11.5 Å². The second-order valence-corrected chi connectivity index (χ2v) is 6.22. The number of aromatic nitrogens is 3. The number of aromatic amines is 1. The number of aliphatic carboxylic acids is 1. The summed E-state index contributed by atoms with van der Waals surface area (Å²) in [6.45, 7) is 0.628. The fraction of sp³-hybridized carbons (Fsp3) is 0.158. The minimum Gasteiger partial charge on any atom is -0.478 e. The van der Waals surface area contributed by atoms with Gasteiger partial charge in [-0.3, -0.25) is 9.59 Å². The Balaban J connectivity index is 1.87. The fourth-order valence-electron chi connectivity index (χ4n) is 3.41. The number of carboxylic acid groups (broad SMARTS) is 1. The summed E-state index contributed by atoms with van der Waals surface area (Å²) in [6.07, 6.45) is 3.61. The van der Waals surface area contributed by atoms with E-state index in [1.54, 1.807) is 12.1 Å². The molecule has 0 fully saturated rings. The molecule has 1 aliphatic heterocycles. The number of carboxylic acids is 1. The van der Waals surface area contributed by atoms with E-state index in [1.165, 1.54) is 6.08 Å². The zero-order valence-corrected chi connectivity index (χ0v) is 14.2. The summed E-state index contributed by atoms with van der Waals surface area (Å²) in [4.78, 5) is 43.2. The number of anilines is 1. The molecule has 8 nitrogen and oxygen atoms in total. The van der Waals surface area contributed by atoms with Crippen molar-refractivity contribution in [2.75, 3.05) is 5.32 Å². The van der Waals surface area contributed by atoms with Gasteiger partial charge in [0.2, 0.25) is 0 Å². The van der Waals surface area contributed by atoms with Crippen molar-refractivity contribution in [1.82, 2.24) is 14.5 Å². The molecule has 0 saturated carbocycles. The van der Waals surface area contributed by atoms with Crippen molar-refractivity contribution in [1.29, 1.82) is 0 Å². The standard InChI is InChI=1S/C19H16N4O4/c24-14(25)9-8-13-21-16-15(18(26)22-13)12-7-4-10-23(12)17(16)19(27)20-11-5-2-1-3-6-11/h1-3,5-6,8-9H,4,7,10H2,(H,20,27)(H,24,25)(H,21,22,26)/b9-8+. The normalized spacial score (nSPS) is 13.2. The van der Waals surface area contributed by atoms with E-state index in [9.17, 15) is 14.4 Å². The van der Waals surface area contributed by atoms with Crippen LogP contribution in [0, 0.1) is 0 Å². The van der Waals surface area contributed by atoms with Crippen LogP contribution in [0.2, 0.25) is 0 Å². The van der Waals surface area contributed by atoms with E-state index in [-0.39, 0.29) is 22.8 Å². The molecule has 1 amide bonds. The number of benzene rings is 1. The number of carbonyl (C=O) groups excluding carboxylic acids is 1. The van der Waals surface area contributed by atoms with E-state index in [1.807, 2.05) is 22.8 Å². The maximum absolute atomic E-state index is 12.9. The van der Waals surface area contributed by atoms with Gasteiger partial charge in [-0.25, -0.2) is 9.78 Å². The molecular formula is C19H16N4O4. The summed E-state index contributed by atoms with van der Waals surface area (Å²) < 4.78 is 1.83. The number of hydrogen-bond acceptors (Lipinski definition) is 4. The molecule has 1 aromatic carbocycles. The highest BCUT2D eigenvalue weighted by atomic mass is 16.4. The van der Waals surface area contributed by atoms with Gasteiger partial charge in [-0.2, -0.15) is 0 Å². The molecule has 1 aliphatic rings. The third-order valence-corrected chi connectivity index (χ3v) is 4.47. The zero-order chi connectivity index (χ0) is 19.0. The molecule has 0 saturated heterocycles. The van der Waals surface area contributed by atoms with Crippen LogP contribution in [0.4, 0.5) is 5.69 Å². The molecule has 0 spiro atoms. The Bertz CT molecular complexity index is 1140. The van der Waals surface area contributed by atoms with Gasteiger partial charge in [-0.05, 0) is 31.1 Å². The van der Waals surface area contributed by atoms with Crippen LogP contribution in [0.5, 0.6) is 0 Å². The van der Waals surface area contributed by atoms with E-state index < -0.39 is 5.97 Å². The SMILES string of the molecule is O=C(O)/C=C/c1nc2c(C(=O)Nc3ccccc3)n3c(c2c(=O)[nH]1)CCC3. The van der Waals surface area contributed by atoms with Crippen molar-refractivity contribution >= 4 is 34.5 Å². The number of para-hydroxylation sites is 1. The topological polar surface area (TPSA) is 117 Å². The van der Waals surface area contributed by atoms with Crippen molar-refractivity contribution < 1.29 is 14.7 Å². The first kappa shape index (κ1) is 16.8. The minimum absolute atomic E-state index is 0.0907. The summed E-state index contributed by atoms with van der Waals surface area (Å²) in [5, 5.41) is 12.0. The lowest BCUT2D eigenvalue weighted by atomic mass is 10.2. The summed E-state index contributed by atoms with van der Waals surface area (Å²) >= 11 is 0. The van der Waals surface area contributed by atoms with E-state index in [0.717, 1.165) is 18.2 Å². The maximum atomic E-state index is 12.9. The predicted molar refractivity (Wildman–Crippen MR) is 99.7 cm³/mol. The van der Waals surface area contributed by atoms with Crippen LogP contribution in [0.1, 0.15) is 28.4 Å². The van der Waals surface area contributed by atoms with Crippen molar-refractivity contribution in [3.05, 3.63) is 64.0 Å². The molecular weight excluding hydrogens is 348 g/mol. The average molecular weight is 364 g/mol. The Morgan fingerprint density at radius 3 is 2.78 bits per heavy atom. The Labute approximate surface area is 153 Å². The lowest BCUT2D eigenvalue weighted by molar-refractivity contribution is -0.131. The molecule has 0 unspecified atom stereocenters. The highest BCUT2D eigenvalue weighted by Crippen LogP contribution is 2.29. The highest BCUT2D eigenvalue weighted by molar-refractivity contribution is 6.12. The molecule has 0 aliphatic carbocycles. The summed E-state index contributed by atoms with van der Waals surface area (Å²) in [5.74, 6) is -1.42. The van der Waals surface area contributed by atoms with E-state index >= 15 is 0 Å². The molecule has 2 aromatic heterocycles. The first-order valence-electron chi connectivity index (χ1n) is 8.47. The number of amides is 1.